The van der Waals surface area contributed by atoms with Gasteiger partial charge in [-0.05, 0) is 30.2 Å². The molecule has 17 heavy (non-hydrogen) atoms. The number of nitrogens with two attached hydrogens (primary N) is 1. The maximum Gasteiger partial charge on any atom is 0.0602 e. The predicted molar refractivity (Wildman–Crippen MR) is 72.8 cm³/mol. The molecular formula is C14H30N2O. The topological polar surface area (TPSA) is 49.5 Å². The van der Waals surface area contributed by atoms with Gasteiger partial charge in [-0.2, -0.15) is 0 Å². The summed E-state index contributed by atoms with van der Waals surface area (Å²) in [5, 5.41) is 9.57. The number of aliphatic hydroxyl groups is 1. The van der Waals surface area contributed by atoms with E-state index in [0.717, 1.165) is 19.0 Å². The molecule has 3 N–H and O–H groups in total. The fraction of sp³-hybridized carbons (Fsp3) is 1.00. The van der Waals surface area contributed by atoms with E-state index in [2.05, 4.69) is 39.5 Å². The van der Waals surface area contributed by atoms with Gasteiger partial charge in [0, 0.05) is 18.6 Å². The van der Waals surface area contributed by atoms with Crippen molar-refractivity contribution < 1.29 is 5.11 Å². The molecule has 3 nitrogen and oxygen atoms in total. The van der Waals surface area contributed by atoms with Crippen LogP contribution in [-0.2, 0) is 0 Å². The van der Waals surface area contributed by atoms with Gasteiger partial charge in [-0.15, -0.1) is 0 Å². The molecule has 0 bridgehead atoms. The summed E-state index contributed by atoms with van der Waals surface area (Å²) in [6.07, 6.45) is 1.23. The van der Waals surface area contributed by atoms with Crippen LogP contribution in [0, 0.1) is 17.3 Å². The van der Waals surface area contributed by atoms with E-state index in [1.165, 1.54) is 6.42 Å². The van der Waals surface area contributed by atoms with Crippen LogP contribution < -0.4 is 5.73 Å². The van der Waals surface area contributed by atoms with Crippen molar-refractivity contribution in [3.05, 3.63) is 0 Å². The largest absolute Gasteiger partial charge is 0.395 e. The monoisotopic (exact) mass is 242 g/mol. The minimum absolute atomic E-state index is 0.0683. The van der Waals surface area contributed by atoms with E-state index in [1.54, 1.807) is 0 Å². The van der Waals surface area contributed by atoms with Crippen molar-refractivity contribution in [2.45, 2.75) is 53.1 Å². The number of nitrogens with zero attached hydrogens (tertiary/aromatic N) is 1. The Morgan fingerprint density at radius 1 is 1.35 bits per heavy atom. The van der Waals surface area contributed by atoms with Crippen molar-refractivity contribution in [2.24, 2.45) is 23.0 Å². The minimum Gasteiger partial charge on any atom is -0.395 e. The third-order valence-electron chi connectivity index (χ3n) is 4.31. The van der Waals surface area contributed by atoms with E-state index in [0.29, 0.717) is 11.3 Å². The molecule has 0 saturated carbocycles. The van der Waals surface area contributed by atoms with Gasteiger partial charge in [-0.25, -0.2) is 0 Å². The maximum absolute atomic E-state index is 9.57. The number of hydrogen-bond donors (Lipinski definition) is 2. The number of aliphatic hydroxyl groups excluding tert-OH is 1. The lowest BCUT2D eigenvalue weighted by atomic mass is 9.80. The first-order valence-corrected chi connectivity index (χ1v) is 6.88. The Morgan fingerprint density at radius 2 is 1.94 bits per heavy atom. The molecule has 1 aliphatic heterocycles. The number of rotatable bonds is 4. The molecule has 0 spiro atoms. The van der Waals surface area contributed by atoms with E-state index in [4.69, 9.17) is 5.73 Å². The molecule has 0 aromatic heterocycles. The van der Waals surface area contributed by atoms with Crippen LogP contribution in [0.5, 0.6) is 0 Å². The molecule has 0 aromatic rings. The van der Waals surface area contributed by atoms with Crippen LogP contribution in [0.3, 0.4) is 0 Å². The molecule has 0 radical (unpaired) electrons. The minimum atomic E-state index is 0.0683. The van der Waals surface area contributed by atoms with Crippen LogP contribution in [0.25, 0.3) is 0 Å². The molecule has 3 atom stereocenters. The molecule has 3 unspecified atom stereocenters. The number of likely N-dealkylation sites (tertiary alicyclic amines) is 1. The van der Waals surface area contributed by atoms with Crippen LogP contribution in [-0.4, -0.2) is 41.8 Å². The smallest absolute Gasteiger partial charge is 0.0602 e. The second-order valence-corrected chi connectivity index (χ2v) is 6.92. The molecule has 1 aliphatic rings. The predicted octanol–water partition coefficient (Wildman–Crippen LogP) is 1.70. The average Bonchev–Trinajstić information content (AvgIpc) is 2.67. The molecule has 1 fully saturated rings. The van der Waals surface area contributed by atoms with Gasteiger partial charge in [0.2, 0.25) is 0 Å². The summed E-state index contributed by atoms with van der Waals surface area (Å²) in [4.78, 5) is 2.39. The van der Waals surface area contributed by atoms with Gasteiger partial charge in [-0.1, -0.05) is 34.6 Å². The summed E-state index contributed by atoms with van der Waals surface area (Å²) in [7, 11) is 0. The zero-order chi connectivity index (χ0) is 13.2. The Balaban J connectivity index is 2.62. The standard InChI is InChI=1S/C14H30N2O/c1-10(2)13(15)12(9-17)16-7-6-11(8-16)14(3,4)5/h10-13,17H,6-9,15H2,1-5H3. The maximum atomic E-state index is 9.57. The van der Waals surface area contributed by atoms with Gasteiger partial charge >= 0.3 is 0 Å². The van der Waals surface area contributed by atoms with E-state index in [-0.39, 0.29) is 18.7 Å². The molecule has 1 saturated heterocycles. The van der Waals surface area contributed by atoms with Crippen LogP contribution in [0.1, 0.15) is 41.0 Å². The first kappa shape index (κ1) is 14.9. The van der Waals surface area contributed by atoms with E-state index < -0.39 is 0 Å². The number of hydrogen-bond acceptors (Lipinski definition) is 3. The summed E-state index contributed by atoms with van der Waals surface area (Å²) in [6, 6.07) is 0.195. The highest BCUT2D eigenvalue weighted by molar-refractivity contribution is 4.91. The molecule has 3 heteroatoms. The van der Waals surface area contributed by atoms with Crippen LogP contribution in [0.4, 0.5) is 0 Å². The van der Waals surface area contributed by atoms with E-state index in [1.807, 2.05) is 0 Å². The first-order chi connectivity index (χ1) is 7.77. The first-order valence-electron chi connectivity index (χ1n) is 6.88. The Morgan fingerprint density at radius 3 is 2.29 bits per heavy atom. The fourth-order valence-electron chi connectivity index (χ4n) is 2.72. The molecule has 1 heterocycles. The van der Waals surface area contributed by atoms with Crippen molar-refractivity contribution in [2.75, 3.05) is 19.7 Å². The molecule has 0 aliphatic carbocycles. The lowest BCUT2D eigenvalue weighted by molar-refractivity contribution is 0.101. The molecule has 1 rings (SSSR count). The summed E-state index contributed by atoms with van der Waals surface area (Å²) in [5.41, 5.74) is 6.56. The highest BCUT2D eigenvalue weighted by Gasteiger charge is 2.36. The highest BCUT2D eigenvalue weighted by atomic mass is 16.3. The fourth-order valence-corrected chi connectivity index (χ4v) is 2.72. The van der Waals surface area contributed by atoms with Gasteiger partial charge in [0.25, 0.3) is 0 Å². The van der Waals surface area contributed by atoms with Gasteiger partial charge in [-0.3, -0.25) is 4.90 Å². The summed E-state index contributed by atoms with van der Waals surface area (Å²) >= 11 is 0. The third-order valence-corrected chi connectivity index (χ3v) is 4.31. The van der Waals surface area contributed by atoms with Gasteiger partial charge in [0.1, 0.15) is 0 Å². The summed E-state index contributed by atoms with van der Waals surface area (Å²) in [5.74, 6) is 1.14. The lowest BCUT2D eigenvalue weighted by Gasteiger charge is -2.34. The van der Waals surface area contributed by atoms with Crippen molar-refractivity contribution in [3.63, 3.8) is 0 Å². The second kappa shape index (κ2) is 5.68. The second-order valence-electron chi connectivity index (χ2n) is 6.92. The van der Waals surface area contributed by atoms with Crippen LogP contribution >= 0.6 is 0 Å². The van der Waals surface area contributed by atoms with Crippen molar-refractivity contribution in [1.29, 1.82) is 0 Å². The van der Waals surface area contributed by atoms with Gasteiger partial charge < -0.3 is 10.8 Å². The van der Waals surface area contributed by atoms with Gasteiger partial charge in [0.05, 0.1) is 6.61 Å². The zero-order valence-electron chi connectivity index (χ0n) is 12.1. The van der Waals surface area contributed by atoms with Gasteiger partial charge in [0.15, 0.2) is 0 Å². The van der Waals surface area contributed by atoms with Crippen molar-refractivity contribution >= 4 is 0 Å². The van der Waals surface area contributed by atoms with Crippen molar-refractivity contribution in [3.8, 4) is 0 Å². The normalized spacial score (nSPS) is 26.5. The Bertz CT molecular complexity index is 235. The van der Waals surface area contributed by atoms with Crippen molar-refractivity contribution in [1.82, 2.24) is 4.90 Å². The van der Waals surface area contributed by atoms with Crippen LogP contribution in [0.2, 0.25) is 0 Å². The Kier molecular flexibility index (Phi) is 4.99. The zero-order valence-corrected chi connectivity index (χ0v) is 12.1. The quantitative estimate of drug-likeness (QED) is 0.789. The lowest BCUT2D eigenvalue weighted by Crippen LogP contribution is -2.51. The summed E-state index contributed by atoms with van der Waals surface area (Å²) in [6.45, 7) is 13.5. The molecular weight excluding hydrogens is 212 g/mol. The summed E-state index contributed by atoms with van der Waals surface area (Å²) < 4.78 is 0. The van der Waals surface area contributed by atoms with E-state index >= 15 is 0 Å². The average molecular weight is 242 g/mol. The highest BCUT2D eigenvalue weighted by Crippen LogP contribution is 2.34. The Labute approximate surface area is 106 Å². The Hall–Kier alpha value is -0.120. The van der Waals surface area contributed by atoms with Crippen LogP contribution in [0.15, 0.2) is 0 Å². The molecule has 0 amide bonds. The molecule has 0 aromatic carbocycles. The molecule has 102 valence electrons. The SMILES string of the molecule is CC(C)C(N)C(CO)N1CCC(C(C)(C)C)C1. The van der Waals surface area contributed by atoms with E-state index in [9.17, 15) is 5.11 Å². The third kappa shape index (κ3) is 3.67.